The van der Waals surface area contributed by atoms with Crippen LogP contribution in [-0.2, 0) is 6.54 Å². The van der Waals surface area contributed by atoms with Crippen LogP contribution in [0.2, 0.25) is 0 Å². The molecule has 0 fully saturated rings. The molecule has 1 aromatic carbocycles. The first-order valence-electron chi connectivity index (χ1n) is 6.13. The molecule has 1 heterocycles. The quantitative estimate of drug-likeness (QED) is 0.940. The molecule has 1 aromatic heterocycles. The minimum atomic E-state index is -0.0903. The maximum atomic E-state index is 12.1. The Hall–Kier alpha value is -1.62. The summed E-state index contributed by atoms with van der Waals surface area (Å²) in [6.07, 6.45) is 3.35. The maximum Gasteiger partial charge on any atom is 0.293 e. The summed E-state index contributed by atoms with van der Waals surface area (Å²) in [4.78, 5) is 16.2. The third-order valence-electron chi connectivity index (χ3n) is 2.77. The van der Waals surface area contributed by atoms with Crippen molar-refractivity contribution in [1.82, 2.24) is 9.55 Å². The maximum absolute atomic E-state index is 12.1. The molecule has 4 nitrogen and oxygen atoms in total. The van der Waals surface area contributed by atoms with E-state index in [9.17, 15) is 4.79 Å². The van der Waals surface area contributed by atoms with Crippen molar-refractivity contribution in [2.75, 3.05) is 5.32 Å². The van der Waals surface area contributed by atoms with Crippen molar-refractivity contribution in [1.29, 1.82) is 0 Å². The smallest absolute Gasteiger partial charge is 0.293 e. The molecule has 0 saturated carbocycles. The summed E-state index contributed by atoms with van der Waals surface area (Å²) >= 11 is 3.42. The first kappa shape index (κ1) is 13.8. The van der Waals surface area contributed by atoms with Gasteiger partial charge >= 0.3 is 0 Å². The predicted molar refractivity (Wildman–Crippen MR) is 80.4 cm³/mol. The number of hydrogen-bond donors (Lipinski definition) is 1. The van der Waals surface area contributed by atoms with Gasteiger partial charge in [0.1, 0.15) is 0 Å². The van der Waals surface area contributed by atoms with E-state index in [2.05, 4.69) is 26.2 Å². The zero-order chi connectivity index (χ0) is 13.8. The van der Waals surface area contributed by atoms with Gasteiger partial charge in [-0.15, -0.1) is 0 Å². The molecule has 0 saturated heterocycles. The molecule has 2 rings (SSSR count). The summed E-state index contributed by atoms with van der Waals surface area (Å²) in [5.41, 5.74) is 1.00. The van der Waals surface area contributed by atoms with Crippen LogP contribution >= 0.6 is 15.9 Å². The van der Waals surface area contributed by atoms with E-state index in [4.69, 9.17) is 0 Å². The van der Waals surface area contributed by atoms with Gasteiger partial charge in [-0.05, 0) is 31.5 Å². The van der Waals surface area contributed by atoms with Gasteiger partial charge in [-0.25, -0.2) is 4.98 Å². The minimum Gasteiger partial charge on any atom is -0.361 e. The zero-order valence-corrected chi connectivity index (χ0v) is 12.5. The van der Waals surface area contributed by atoms with E-state index < -0.39 is 0 Å². The summed E-state index contributed by atoms with van der Waals surface area (Å²) in [5, 5.41) is 3.09. The second-order valence-corrected chi connectivity index (χ2v) is 5.48. The molecule has 0 spiro atoms. The van der Waals surface area contributed by atoms with Crippen LogP contribution in [0.15, 0.2) is 45.9 Å². The fourth-order valence-corrected chi connectivity index (χ4v) is 2.23. The van der Waals surface area contributed by atoms with Gasteiger partial charge in [0.05, 0.1) is 0 Å². The Morgan fingerprint density at radius 2 is 2.21 bits per heavy atom. The van der Waals surface area contributed by atoms with E-state index in [1.165, 1.54) is 0 Å². The molecule has 1 N–H and O–H groups in total. The van der Waals surface area contributed by atoms with Crippen LogP contribution in [0.25, 0.3) is 0 Å². The molecule has 0 aliphatic heterocycles. The lowest BCUT2D eigenvalue weighted by atomic mass is 10.2. The van der Waals surface area contributed by atoms with Crippen LogP contribution in [0, 0.1) is 0 Å². The molecule has 5 heteroatoms. The third kappa shape index (κ3) is 3.44. The number of rotatable bonds is 4. The predicted octanol–water partition coefficient (Wildman–Crippen LogP) is 3.20. The van der Waals surface area contributed by atoms with Gasteiger partial charge < -0.3 is 9.88 Å². The van der Waals surface area contributed by atoms with Gasteiger partial charge in [0, 0.05) is 29.5 Å². The fraction of sp³-hybridized carbons (Fsp3) is 0.286. The molecule has 0 aliphatic rings. The second-order valence-electron chi connectivity index (χ2n) is 4.57. The first-order chi connectivity index (χ1) is 9.08. The van der Waals surface area contributed by atoms with Crippen molar-refractivity contribution in [2.24, 2.45) is 0 Å². The molecule has 100 valence electrons. The van der Waals surface area contributed by atoms with Crippen molar-refractivity contribution in [3.05, 3.63) is 57.0 Å². The van der Waals surface area contributed by atoms with Gasteiger partial charge in [0.15, 0.2) is 5.82 Å². The third-order valence-corrected chi connectivity index (χ3v) is 3.27. The normalized spacial score (nSPS) is 10.7. The van der Waals surface area contributed by atoms with Crippen LogP contribution < -0.4 is 10.9 Å². The van der Waals surface area contributed by atoms with E-state index >= 15 is 0 Å². The Bertz CT molecular complexity index is 622. The highest BCUT2D eigenvalue weighted by Gasteiger charge is 2.06. The Balaban J connectivity index is 2.16. The van der Waals surface area contributed by atoms with Crippen molar-refractivity contribution < 1.29 is 0 Å². The number of hydrogen-bond acceptors (Lipinski definition) is 3. The van der Waals surface area contributed by atoms with Crippen LogP contribution in [0.5, 0.6) is 0 Å². The van der Waals surface area contributed by atoms with Crippen LogP contribution in [-0.4, -0.2) is 9.55 Å². The van der Waals surface area contributed by atoms with Gasteiger partial charge in [0.2, 0.25) is 0 Å². The monoisotopic (exact) mass is 321 g/mol. The van der Waals surface area contributed by atoms with Crippen LogP contribution in [0.1, 0.15) is 25.5 Å². The minimum absolute atomic E-state index is 0.0903. The van der Waals surface area contributed by atoms with Gasteiger partial charge in [-0.3, -0.25) is 4.79 Å². The van der Waals surface area contributed by atoms with Crippen molar-refractivity contribution in [3.8, 4) is 0 Å². The lowest BCUT2D eigenvalue weighted by Crippen LogP contribution is -2.25. The molecular formula is C14H16BrN3O. The van der Waals surface area contributed by atoms with Crippen LogP contribution in [0.3, 0.4) is 0 Å². The first-order valence-corrected chi connectivity index (χ1v) is 6.92. The van der Waals surface area contributed by atoms with E-state index in [0.29, 0.717) is 12.4 Å². The molecule has 0 unspecified atom stereocenters. The van der Waals surface area contributed by atoms with Gasteiger partial charge in [0.25, 0.3) is 5.56 Å². The highest BCUT2D eigenvalue weighted by atomic mass is 79.9. The molecule has 2 aromatic rings. The molecule has 0 aliphatic carbocycles. The Morgan fingerprint density at radius 1 is 1.42 bits per heavy atom. The highest BCUT2D eigenvalue weighted by Crippen LogP contribution is 2.12. The summed E-state index contributed by atoms with van der Waals surface area (Å²) < 4.78 is 2.68. The van der Waals surface area contributed by atoms with Crippen molar-refractivity contribution >= 4 is 21.7 Å². The SMILES string of the molecule is CC(C)n1ccnc(NCc2cccc(Br)c2)c1=O. The number of aromatic nitrogens is 2. The van der Waals surface area contributed by atoms with E-state index in [-0.39, 0.29) is 11.6 Å². The largest absolute Gasteiger partial charge is 0.361 e. The average Bonchev–Trinajstić information content (AvgIpc) is 2.37. The van der Waals surface area contributed by atoms with Gasteiger partial charge in [-0.2, -0.15) is 0 Å². The summed E-state index contributed by atoms with van der Waals surface area (Å²) in [6.45, 7) is 4.52. The summed E-state index contributed by atoms with van der Waals surface area (Å²) in [7, 11) is 0. The summed E-state index contributed by atoms with van der Waals surface area (Å²) in [5.74, 6) is 0.385. The number of halogens is 1. The highest BCUT2D eigenvalue weighted by molar-refractivity contribution is 9.10. The number of anilines is 1. The number of nitrogens with one attached hydrogen (secondary N) is 1. The number of nitrogens with zero attached hydrogens (tertiary/aromatic N) is 2. The Morgan fingerprint density at radius 3 is 2.89 bits per heavy atom. The molecule has 0 atom stereocenters. The molecule has 19 heavy (non-hydrogen) atoms. The lowest BCUT2D eigenvalue weighted by molar-refractivity contribution is 0.575. The lowest BCUT2D eigenvalue weighted by Gasteiger charge is -2.11. The van der Waals surface area contributed by atoms with E-state index in [1.54, 1.807) is 17.0 Å². The Labute approximate surface area is 120 Å². The molecule has 0 bridgehead atoms. The average molecular weight is 322 g/mol. The summed E-state index contributed by atoms with van der Waals surface area (Å²) in [6, 6.07) is 8.07. The zero-order valence-electron chi connectivity index (χ0n) is 10.9. The fourth-order valence-electron chi connectivity index (χ4n) is 1.79. The van der Waals surface area contributed by atoms with E-state index in [0.717, 1.165) is 10.0 Å². The van der Waals surface area contributed by atoms with Crippen molar-refractivity contribution in [3.63, 3.8) is 0 Å². The topological polar surface area (TPSA) is 46.9 Å². The van der Waals surface area contributed by atoms with Crippen molar-refractivity contribution in [2.45, 2.75) is 26.4 Å². The van der Waals surface area contributed by atoms with Gasteiger partial charge in [-0.1, -0.05) is 28.1 Å². The molecule has 0 radical (unpaired) electrons. The number of benzene rings is 1. The second kappa shape index (κ2) is 6.02. The Kier molecular flexibility index (Phi) is 4.37. The van der Waals surface area contributed by atoms with E-state index in [1.807, 2.05) is 38.1 Å². The molecule has 0 amide bonds. The van der Waals surface area contributed by atoms with Crippen LogP contribution in [0.4, 0.5) is 5.82 Å². The molecular weight excluding hydrogens is 306 g/mol. The standard InChI is InChI=1S/C14H16BrN3O/c1-10(2)18-7-6-16-13(14(18)19)17-9-11-4-3-5-12(15)8-11/h3-8,10H,9H2,1-2H3,(H,16,17).